The number of nitrogens with zero attached hydrogens (tertiary/aromatic N) is 2. The van der Waals surface area contributed by atoms with Gasteiger partial charge in [-0.1, -0.05) is 30.3 Å². The fourth-order valence-electron chi connectivity index (χ4n) is 1.44. The molecule has 1 aromatic heterocycles. The van der Waals surface area contributed by atoms with Crippen LogP contribution in [-0.2, 0) is 12.7 Å². The Morgan fingerprint density at radius 1 is 1.11 bits per heavy atom. The van der Waals surface area contributed by atoms with E-state index < -0.39 is 17.2 Å². The lowest BCUT2D eigenvalue weighted by Crippen LogP contribution is -2.11. The maximum Gasteiger partial charge on any atom is 0.433 e. The maximum absolute atomic E-state index is 12.5. The van der Waals surface area contributed by atoms with Crippen molar-refractivity contribution in [3.63, 3.8) is 0 Å². The first-order valence-electron chi connectivity index (χ1n) is 5.35. The Morgan fingerprint density at radius 2 is 1.79 bits per heavy atom. The van der Waals surface area contributed by atoms with Crippen LogP contribution in [0.15, 0.2) is 36.4 Å². The summed E-state index contributed by atoms with van der Waals surface area (Å²) in [5, 5.41) is 2.34. The molecule has 2 aromatic rings. The fraction of sp³-hybridized carbons (Fsp3) is 0.167. The highest BCUT2D eigenvalue weighted by Crippen LogP contribution is 2.29. The summed E-state index contributed by atoms with van der Waals surface area (Å²) in [5.41, 5.74) is -0.145. The van der Waals surface area contributed by atoms with Crippen LogP contribution in [-0.4, -0.2) is 9.97 Å². The third-order valence-electron chi connectivity index (χ3n) is 2.31. The number of rotatable bonds is 3. The molecule has 1 heterocycles. The third kappa shape index (κ3) is 3.82. The lowest BCUT2D eigenvalue weighted by molar-refractivity contribution is -0.141. The number of nitrogens with one attached hydrogen (secondary N) is 1. The first-order chi connectivity index (χ1) is 8.95. The maximum atomic E-state index is 12.5. The summed E-state index contributed by atoms with van der Waals surface area (Å²) in [5.74, 6) is 0.0381. The predicted molar refractivity (Wildman–Crippen MR) is 65.8 cm³/mol. The van der Waals surface area contributed by atoms with Crippen LogP contribution in [0.2, 0.25) is 5.28 Å². The van der Waals surface area contributed by atoms with Crippen LogP contribution >= 0.6 is 11.6 Å². The zero-order valence-corrected chi connectivity index (χ0v) is 10.3. The van der Waals surface area contributed by atoms with Gasteiger partial charge < -0.3 is 5.32 Å². The fourth-order valence-corrected chi connectivity index (χ4v) is 1.62. The van der Waals surface area contributed by atoms with Gasteiger partial charge in [-0.15, -0.1) is 0 Å². The Bertz CT molecular complexity index is 558. The van der Waals surface area contributed by atoms with Gasteiger partial charge in [0.1, 0.15) is 5.82 Å². The molecule has 0 amide bonds. The number of hydrogen-bond acceptors (Lipinski definition) is 3. The average molecular weight is 288 g/mol. The quantitative estimate of drug-likeness (QED) is 0.874. The molecule has 0 radical (unpaired) electrons. The second-order valence-corrected chi connectivity index (χ2v) is 4.08. The molecular weight excluding hydrogens is 279 g/mol. The standard InChI is InChI=1S/C12H9ClF3N3/c13-11-18-9(12(14,15)16)6-10(19-11)17-7-8-4-2-1-3-5-8/h1-6H,7H2,(H,17,18,19). The molecule has 0 fully saturated rings. The van der Waals surface area contributed by atoms with Gasteiger partial charge in [-0.2, -0.15) is 13.2 Å². The average Bonchev–Trinajstić information content (AvgIpc) is 2.36. The summed E-state index contributed by atoms with van der Waals surface area (Å²) >= 11 is 5.48. The van der Waals surface area contributed by atoms with Gasteiger partial charge in [-0.25, -0.2) is 9.97 Å². The molecule has 100 valence electrons. The summed E-state index contributed by atoms with van der Waals surface area (Å²) in [4.78, 5) is 6.86. The molecule has 0 spiro atoms. The lowest BCUT2D eigenvalue weighted by Gasteiger charge is -2.09. The van der Waals surface area contributed by atoms with E-state index in [1.165, 1.54) is 0 Å². The predicted octanol–water partition coefficient (Wildman–Crippen LogP) is 3.76. The van der Waals surface area contributed by atoms with Gasteiger partial charge in [-0.05, 0) is 17.2 Å². The molecule has 3 nitrogen and oxygen atoms in total. The van der Waals surface area contributed by atoms with Crippen LogP contribution in [0.3, 0.4) is 0 Å². The monoisotopic (exact) mass is 287 g/mol. The molecule has 0 unspecified atom stereocenters. The molecule has 0 aliphatic carbocycles. The number of halogens is 4. The molecule has 1 N–H and O–H groups in total. The number of anilines is 1. The van der Waals surface area contributed by atoms with Gasteiger partial charge >= 0.3 is 6.18 Å². The van der Waals surface area contributed by atoms with E-state index in [9.17, 15) is 13.2 Å². The van der Waals surface area contributed by atoms with Crippen LogP contribution in [0, 0.1) is 0 Å². The second-order valence-electron chi connectivity index (χ2n) is 3.74. The number of benzene rings is 1. The van der Waals surface area contributed by atoms with Crippen LogP contribution in [0.25, 0.3) is 0 Å². The minimum absolute atomic E-state index is 0.0381. The molecule has 19 heavy (non-hydrogen) atoms. The van der Waals surface area contributed by atoms with E-state index in [1.54, 1.807) is 0 Å². The van der Waals surface area contributed by atoms with Crippen molar-refractivity contribution in [1.82, 2.24) is 9.97 Å². The Kier molecular flexibility index (Phi) is 3.90. The first-order valence-corrected chi connectivity index (χ1v) is 5.72. The van der Waals surface area contributed by atoms with Gasteiger partial charge in [-0.3, -0.25) is 0 Å². The van der Waals surface area contributed by atoms with E-state index in [2.05, 4.69) is 15.3 Å². The van der Waals surface area contributed by atoms with Gasteiger partial charge in [0, 0.05) is 12.6 Å². The zero-order valence-electron chi connectivity index (χ0n) is 9.58. The molecule has 0 atom stereocenters. The minimum atomic E-state index is -4.55. The Hall–Kier alpha value is -1.82. The lowest BCUT2D eigenvalue weighted by atomic mass is 10.2. The van der Waals surface area contributed by atoms with Crippen molar-refractivity contribution in [2.24, 2.45) is 0 Å². The van der Waals surface area contributed by atoms with Crippen molar-refractivity contribution < 1.29 is 13.2 Å². The summed E-state index contributed by atoms with van der Waals surface area (Å²) in [7, 11) is 0. The van der Waals surface area contributed by atoms with Gasteiger partial charge in [0.2, 0.25) is 5.28 Å². The summed E-state index contributed by atoms with van der Waals surface area (Å²) in [6.45, 7) is 0.353. The smallest absolute Gasteiger partial charge is 0.366 e. The summed E-state index contributed by atoms with van der Waals surface area (Å²) in [6, 6.07) is 10.1. The van der Waals surface area contributed by atoms with Crippen LogP contribution in [0.5, 0.6) is 0 Å². The molecular formula is C12H9ClF3N3. The summed E-state index contributed by atoms with van der Waals surface area (Å²) in [6.07, 6.45) is -4.55. The largest absolute Gasteiger partial charge is 0.433 e. The van der Waals surface area contributed by atoms with Crippen molar-refractivity contribution in [2.45, 2.75) is 12.7 Å². The van der Waals surface area contributed by atoms with Crippen LogP contribution in [0.1, 0.15) is 11.3 Å². The SMILES string of the molecule is FC(F)(F)c1cc(NCc2ccccc2)nc(Cl)n1. The number of aromatic nitrogens is 2. The molecule has 1 aromatic carbocycles. The molecule has 0 saturated heterocycles. The van der Waals surface area contributed by atoms with Crippen molar-refractivity contribution in [2.75, 3.05) is 5.32 Å². The van der Waals surface area contributed by atoms with E-state index in [0.717, 1.165) is 11.6 Å². The summed E-state index contributed by atoms with van der Waals surface area (Å²) < 4.78 is 37.6. The topological polar surface area (TPSA) is 37.8 Å². The molecule has 0 saturated carbocycles. The van der Waals surface area contributed by atoms with Crippen molar-refractivity contribution in [3.8, 4) is 0 Å². The highest BCUT2D eigenvalue weighted by molar-refractivity contribution is 6.28. The van der Waals surface area contributed by atoms with Crippen LogP contribution in [0.4, 0.5) is 19.0 Å². The van der Waals surface area contributed by atoms with E-state index in [1.807, 2.05) is 30.3 Å². The first kappa shape index (κ1) is 13.6. The van der Waals surface area contributed by atoms with Crippen molar-refractivity contribution in [1.29, 1.82) is 0 Å². The second kappa shape index (κ2) is 5.44. The minimum Gasteiger partial charge on any atom is -0.366 e. The van der Waals surface area contributed by atoms with E-state index >= 15 is 0 Å². The van der Waals surface area contributed by atoms with Crippen molar-refractivity contribution >= 4 is 17.4 Å². The van der Waals surface area contributed by atoms with E-state index in [-0.39, 0.29) is 5.82 Å². The highest BCUT2D eigenvalue weighted by Gasteiger charge is 2.33. The van der Waals surface area contributed by atoms with Crippen LogP contribution < -0.4 is 5.32 Å². The molecule has 0 aliphatic rings. The van der Waals surface area contributed by atoms with E-state index in [4.69, 9.17) is 11.6 Å². The van der Waals surface area contributed by atoms with Gasteiger partial charge in [0.15, 0.2) is 5.69 Å². The Balaban J connectivity index is 2.15. The molecule has 0 bridgehead atoms. The van der Waals surface area contributed by atoms with E-state index in [0.29, 0.717) is 6.54 Å². The molecule has 2 rings (SSSR count). The van der Waals surface area contributed by atoms with Crippen molar-refractivity contribution in [3.05, 3.63) is 52.9 Å². The Labute approximate surface area is 112 Å². The highest BCUT2D eigenvalue weighted by atomic mass is 35.5. The number of hydrogen-bond donors (Lipinski definition) is 1. The Morgan fingerprint density at radius 3 is 2.42 bits per heavy atom. The zero-order chi connectivity index (χ0) is 13.9. The molecule has 7 heteroatoms. The third-order valence-corrected chi connectivity index (χ3v) is 2.47. The van der Waals surface area contributed by atoms with Gasteiger partial charge in [0.25, 0.3) is 0 Å². The van der Waals surface area contributed by atoms with Gasteiger partial charge in [0.05, 0.1) is 0 Å². The molecule has 0 aliphatic heterocycles. The normalized spacial score (nSPS) is 11.4. The number of alkyl halides is 3.